The summed E-state index contributed by atoms with van der Waals surface area (Å²) < 4.78 is 21.8. The van der Waals surface area contributed by atoms with Crippen molar-refractivity contribution in [2.45, 2.75) is 171 Å². The van der Waals surface area contributed by atoms with Gasteiger partial charge in [0.2, 0.25) is 35.4 Å². The van der Waals surface area contributed by atoms with Crippen molar-refractivity contribution in [2.24, 2.45) is 5.92 Å². The molecule has 3 aromatic rings. The molecule has 0 aromatic heterocycles. The van der Waals surface area contributed by atoms with E-state index in [-0.39, 0.29) is 30.4 Å². The van der Waals surface area contributed by atoms with E-state index < -0.39 is 201 Å². The molecule has 8 amide bonds. The molecule has 4 aliphatic rings. The van der Waals surface area contributed by atoms with Crippen LogP contribution in [0.5, 0.6) is 11.5 Å². The van der Waals surface area contributed by atoms with Crippen LogP contribution in [-0.2, 0) is 54.2 Å². The molecule has 3 saturated heterocycles. The van der Waals surface area contributed by atoms with Crippen LogP contribution >= 0.6 is 0 Å². The van der Waals surface area contributed by atoms with Gasteiger partial charge in [-0.25, -0.2) is 14.4 Å². The average molecular weight is 1250 g/mol. The number of hydrogen-bond acceptors (Lipinski definition) is 20. The van der Waals surface area contributed by atoms with Gasteiger partial charge in [0.15, 0.2) is 18.1 Å². The topological polar surface area (TPSA) is 411 Å². The number of alkyl carbamates (subject to hydrolysis) is 2. The number of ether oxygens (including phenoxy) is 4. The number of aliphatic hydroxyl groups is 6. The molecular formula is C61H82N8O20. The van der Waals surface area contributed by atoms with Gasteiger partial charge in [-0.15, -0.1) is 0 Å². The number of rotatable bonds is 14. The molecule has 13 atom stereocenters. The average Bonchev–Trinajstić information content (AvgIpc) is 1.82. The van der Waals surface area contributed by atoms with Gasteiger partial charge in [0.1, 0.15) is 54.1 Å². The highest BCUT2D eigenvalue weighted by Crippen LogP contribution is 2.44. The first-order chi connectivity index (χ1) is 41.8. The first-order valence-electron chi connectivity index (χ1n) is 29.4. The molecule has 13 N–H and O–H groups in total. The third-order valence-electron chi connectivity index (χ3n) is 15.4. The minimum absolute atomic E-state index is 0.0824. The van der Waals surface area contributed by atoms with Gasteiger partial charge in [0, 0.05) is 57.3 Å². The predicted molar refractivity (Wildman–Crippen MR) is 314 cm³/mol. The molecule has 1 aliphatic carbocycles. The van der Waals surface area contributed by atoms with Gasteiger partial charge >= 0.3 is 18.2 Å². The highest BCUT2D eigenvalue weighted by molar-refractivity contribution is 5.98. The standard InChI is InChI=1S/C61H82N8O20/c1-30-26-69-50(51(30)77)55(81)63-25-33(71)23-40(64-59(85)89-61(6,7)8)52(78)65-47(31(2)70)56(82)68-27-34(72)24-41(68)53(79)66-48(44(75)21-32-17-18-42(73)45(22-32)86-29-46(76)88-60(3,4)5)54(80)67-49(57(69)83)43(74)19-20-62-58(84)87-28-39-37-15-11-9-13-35(37)36-14-10-12-16-38(36)39/h9-18,22,30-31,33-34,39-41,43-44,47-51,70-75,77H,19-21,23-29H2,1-8H3,(H,62,84)(H,63,81)(H,64,85)(H,65,78)(H,66,79)(H,67,80)/t30-,31+,33+,34+,40-,41-,43+,44+,47-,48-,49-,50-,51-/m0/s1. The van der Waals surface area contributed by atoms with E-state index in [2.05, 4.69) is 31.9 Å². The van der Waals surface area contributed by atoms with Gasteiger partial charge in [-0.3, -0.25) is 28.8 Å². The Morgan fingerprint density at radius 1 is 0.697 bits per heavy atom. The fourth-order valence-corrected chi connectivity index (χ4v) is 11.2. The van der Waals surface area contributed by atoms with Gasteiger partial charge in [0.25, 0.3) is 0 Å². The Morgan fingerprint density at radius 2 is 1.30 bits per heavy atom. The Hall–Kier alpha value is -8.15. The maximum absolute atomic E-state index is 15.1. The fourth-order valence-electron chi connectivity index (χ4n) is 11.2. The van der Waals surface area contributed by atoms with E-state index in [1.807, 2.05) is 48.5 Å². The van der Waals surface area contributed by atoms with Crippen LogP contribution in [0.25, 0.3) is 11.1 Å². The second-order valence-electron chi connectivity index (χ2n) is 24.9. The molecule has 28 heteroatoms. The lowest BCUT2D eigenvalue weighted by molar-refractivity contribution is -0.157. The number of esters is 1. The summed E-state index contributed by atoms with van der Waals surface area (Å²) in [6.45, 7) is 9.29. The zero-order valence-electron chi connectivity index (χ0n) is 50.8. The number of nitrogens with zero attached hydrogens (tertiary/aromatic N) is 2. The third kappa shape index (κ3) is 17.6. The molecule has 3 fully saturated rings. The normalized spacial score (nSPS) is 25.9. The zero-order chi connectivity index (χ0) is 65.4. The number of amides is 8. The summed E-state index contributed by atoms with van der Waals surface area (Å²) in [7, 11) is 0. The first-order valence-corrected chi connectivity index (χ1v) is 29.4. The van der Waals surface area contributed by atoms with Crippen LogP contribution in [0.2, 0.25) is 0 Å². The van der Waals surface area contributed by atoms with Crippen molar-refractivity contribution in [1.82, 2.24) is 41.7 Å². The van der Waals surface area contributed by atoms with Crippen molar-refractivity contribution >= 4 is 53.6 Å². The molecule has 3 aliphatic heterocycles. The summed E-state index contributed by atoms with van der Waals surface area (Å²) in [4.78, 5) is 129. The lowest BCUT2D eigenvalue weighted by Crippen LogP contribution is -2.64. The number of carbonyl (C=O) groups excluding carboxylic acids is 9. The molecule has 0 spiro atoms. The van der Waals surface area contributed by atoms with Crippen molar-refractivity contribution in [3.05, 3.63) is 83.4 Å². The monoisotopic (exact) mass is 1250 g/mol. The van der Waals surface area contributed by atoms with E-state index in [4.69, 9.17) is 18.9 Å². The highest BCUT2D eigenvalue weighted by atomic mass is 16.6. The first kappa shape index (κ1) is 68.3. The summed E-state index contributed by atoms with van der Waals surface area (Å²) >= 11 is 0. The van der Waals surface area contributed by atoms with E-state index in [0.29, 0.717) is 0 Å². The molecule has 0 radical (unpaired) electrons. The van der Waals surface area contributed by atoms with E-state index in [0.717, 1.165) is 45.0 Å². The van der Waals surface area contributed by atoms with Crippen molar-refractivity contribution in [3.63, 3.8) is 0 Å². The van der Waals surface area contributed by atoms with Gasteiger partial charge in [-0.2, -0.15) is 0 Å². The van der Waals surface area contributed by atoms with Crippen molar-refractivity contribution < 1.29 is 97.8 Å². The Labute approximate surface area is 514 Å². The van der Waals surface area contributed by atoms with Crippen LogP contribution in [0, 0.1) is 5.92 Å². The fraction of sp³-hybridized carbons (Fsp3) is 0.557. The molecule has 486 valence electrons. The second kappa shape index (κ2) is 29.0. The number of hydrogen-bond donors (Lipinski definition) is 13. The van der Waals surface area contributed by atoms with Crippen molar-refractivity contribution in [1.29, 1.82) is 0 Å². The second-order valence-corrected chi connectivity index (χ2v) is 24.9. The summed E-state index contributed by atoms with van der Waals surface area (Å²) in [6.07, 6.45) is -14.9. The number of phenolic OH excluding ortho intramolecular Hbond substituents is 1. The van der Waals surface area contributed by atoms with E-state index in [9.17, 15) is 69.3 Å². The molecule has 3 heterocycles. The predicted octanol–water partition coefficient (Wildman–Crippen LogP) is -0.915. The molecule has 0 bridgehead atoms. The minimum atomic E-state index is -2.18. The Bertz CT molecular complexity index is 3050. The number of aliphatic hydroxyl groups excluding tert-OH is 6. The number of benzene rings is 3. The Kier molecular flexibility index (Phi) is 22.3. The number of nitrogens with one attached hydrogen (secondary N) is 6. The van der Waals surface area contributed by atoms with Crippen LogP contribution in [0.4, 0.5) is 9.59 Å². The molecule has 28 nitrogen and oxygen atoms in total. The van der Waals surface area contributed by atoms with Gasteiger partial charge in [-0.1, -0.05) is 61.5 Å². The Balaban J connectivity index is 1.23. The van der Waals surface area contributed by atoms with Crippen LogP contribution in [-0.4, -0.2) is 223 Å². The van der Waals surface area contributed by atoms with E-state index in [1.54, 1.807) is 20.8 Å². The van der Waals surface area contributed by atoms with Crippen LogP contribution < -0.4 is 36.6 Å². The maximum atomic E-state index is 15.1. The van der Waals surface area contributed by atoms with Gasteiger partial charge in [-0.05, 0) is 94.8 Å². The van der Waals surface area contributed by atoms with E-state index >= 15 is 9.59 Å². The smallest absolute Gasteiger partial charge is 0.408 e. The van der Waals surface area contributed by atoms with Crippen molar-refractivity contribution in [2.75, 3.05) is 39.4 Å². The summed E-state index contributed by atoms with van der Waals surface area (Å²) in [5, 5.41) is 94.4. The third-order valence-corrected chi connectivity index (χ3v) is 15.4. The highest BCUT2D eigenvalue weighted by Gasteiger charge is 2.50. The molecular weight excluding hydrogens is 1160 g/mol. The number of fused-ring (bicyclic) bond motifs is 5. The lowest BCUT2D eigenvalue weighted by Gasteiger charge is -2.34. The van der Waals surface area contributed by atoms with Crippen LogP contribution in [0.3, 0.4) is 0 Å². The van der Waals surface area contributed by atoms with Crippen molar-refractivity contribution in [3.8, 4) is 22.6 Å². The lowest BCUT2D eigenvalue weighted by atomic mass is 9.98. The molecule has 7 rings (SSSR count). The van der Waals surface area contributed by atoms with Crippen LogP contribution in [0.1, 0.15) is 97.3 Å². The van der Waals surface area contributed by atoms with Gasteiger partial charge in [0.05, 0.1) is 36.6 Å². The number of aromatic hydroxyl groups is 1. The summed E-state index contributed by atoms with van der Waals surface area (Å²) in [6, 6.07) is 7.49. The maximum Gasteiger partial charge on any atom is 0.408 e. The quantitative estimate of drug-likeness (QED) is 0.0686. The summed E-state index contributed by atoms with van der Waals surface area (Å²) in [5.41, 5.74) is 1.96. The molecule has 89 heavy (non-hydrogen) atoms. The molecule has 0 unspecified atom stereocenters. The molecule has 3 aromatic carbocycles. The number of phenols is 1. The minimum Gasteiger partial charge on any atom is -0.504 e. The SMILES string of the molecule is C[C@@H](O)[C@@H]1NC(=O)[C@@H](NC(=O)OC(C)(C)C)C[C@@H](O)CNC(=O)[C@@H]2[C@@H](O)[C@@H](C)CN2C(=O)[C@H]([C@H](O)CCNC(=O)OCC2c3ccccc3-c3ccccc32)NC(=O)[C@H]([C@H](O)Cc2ccc(O)c(OCC(=O)OC(C)(C)C)c2)NC(=O)[C@@H]2C[C@@H](O)CN2C1=O. The number of carbonyl (C=O) groups is 9. The van der Waals surface area contributed by atoms with E-state index in [1.165, 1.54) is 39.8 Å². The molecule has 0 saturated carbocycles. The largest absolute Gasteiger partial charge is 0.504 e. The van der Waals surface area contributed by atoms with Crippen LogP contribution in [0.15, 0.2) is 66.7 Å². The summed E-state index contributed by atoms with van der Waals surface area (Å²) in [5.74, 6) is -9.84. The number of β-amino-alcohol motifs (C(OH)–C–C–N with tert-alkyl or cyclic N) is 1. The zero-order valence-corrected chi connectivity index (χ0v) is 50.8. The Morgan fingerprint density at radius 3 is 1.93 bits per heavy atom. The van der Waals surface area contributed by atoms with Gasteiger partial charge < -0.3 is 96.4 Å².